The van der Waals surface area contributed by atoms with Crippen LogP contribution in [0, 0.1) is 6.92 Å². The van der Waals surface area contributed by atoms with Gasteiger partial charge in [0.15, 0.2) is 0 Å². The van der Waals surface area contributed by atoms with E-state index in [4.69, 9.17) is 17.3 Å². The molecule has 3 N–H and O–H groups in total. The van der Waals surface area contributed by atoms with Gasteiger partial charge in [-0.3, -0.25) is 9.59 Å². The van der Waals surface area contributed by atoms with Gasteiger partial charge in [0.1, 0.15) is 0 Å². The minimum absolute atomic E-state index is 0.0425. The fourth-order valence-electron chi connectivity index (χ4n) is 2.71. The third kappa shape index (κ3) is 4.52. The number of sulfonamides is 1. The fourth-order valence-corrected chi connectivity index (χ4v) is 4.40. The van der Waals surface area contributed by atoms with Gasteiger partial charge in [-0.1, -0.05) is 31.5 Å². The molecule has 0 heterocycles. The van der Waals surface area contributed by atoms with Gasteiger partial charge in [0.05, 0.1) is 15.5 Å². The number of hydrogen-bond acceptors (Lipinski definition) is 4. The highest BCUT2D eigenvalue weighted by atomic mass is 35.5. The molecule has 0 unspecified atom stereocenters. The molecule has 2 rings (SSSR count). The highest BCUT2D eigenvalue weighted by Crippen LogP contribution is 2.23. The molecule has 0 fully saturated rings. The van der Waals surface area contributed by atoms with Crippen LogP contribution in [-0.2, 0) is 10.0 Å². The van der Waals surface area contributed by atoms with Crippen LogP contribution in [0.3, 0.4) is 0 Å². The van der Waals surface area contributed by atoms with E-state index in [-0.39, 0.29) is 21.0 Å². The number of primary amides is 1. The minimum Gasteiger partial charge on any atom is -0.366 e. The molecule has 2 aromatic rings. The lowest BCUT2D eigenvalue weighted by atomic mass is 10.1. The summed E-state index contributed by atoms with van der Waals surface area (Å²) >= 11 is 5.91. The smallest absolute Gasteiger partial charge is 0.255 e. The lowest BCUT2D eigenvalue weighted by Gasteiger charge is -2.19. The molecule has 0 radical (unpaired) electrons. The standard InChI is InChI=1S/C19H22ClN3O4S/c1-4-23(5-2)28(26,27)14-8-6-12(3)15(11-14)19(25)22-13-7-9-17(20)16(10-13)18(21)24/h6-11H,4-5H2,1-3H3,(H2,21,24)(H,22,25). The number of amides is 2. The monoisotopic (exact) mass is 423 g/mol. The molecule has 0 aliphatic carbocycles. The summed E-state index contributed by atoms with van der Waals surface area (Å²) in [5.41, 5.74) is 6.48. The lowest BCUT2D eigenvalue weighted by Crippen LogP contribution is -2.30. The average Bonchev–Trinajstić information content (AvgIpc) is 2.63. The second kappa shape index (κ2) is 8.72. The maximum Gasteiger partial charge on any atom is 0.255 e. The molecule has 0 aromatic heterocycles. The molecule has 150 valence electrons. The van der Waals surface area contributed by atoms with Gasteiger partial charge in [-0.25, -0.2) is 8.42 Å². The number of anilines is 1. The van der Waals surface area contributed by atoms with Crippen molar-refractivity contribution < 1.29 is 18.0 Å². The number of nitrogens with zero attached hydrogens (tertiary/aromatic N) is 1. The summed E-state index contributed by atoms with van der Waals surface area (Å²) in [5, 5.41) is 2.82. The van der Waals surface area contributed by atoms with Crippen molar-refractivity contribution in [3.05, 3.63) is 58.1 Å². The Hall–Kier alpha value is -2.42. The number of nitrogens with one attached hydrogen (secondary N) is 1. The molecule has 7 nitrogen and oxygen atoms in total. The largest absolute Gasteiger partial charge is 0.366 e. The van der Waals surface area contributed by atoms with Crippen LogP contribution in [0.1, 0.15) is 40.1 Å². The molecule has 0 aliphatic heterocycles. The number of nitrogens with two attached hydrogens (primary N) is 1. The predicted octanol–water partition coefficient (Wildman–Crippen LogP) is 3.03. The third-order valence-electron chi connectivity index (χ3n) is 4.29. The van der Waals surface area contributed by atoms with E-state index in [2.05, 4.69) is 5.32 Å². The van der Waals surface area contributed by atoms with Gasteiger partial charge in [-0.05, 0) is 42.8 Å². The van der Waals surface area contributed by atoms with E-state index < -0.39 is 21.8 Å². The first kappa shape index (κ1) is 21.9. The molecular weight excluding hydrogens is 402 g/mol. The molecule has 0 atom stereocenters. The Labute approximate surface area is 169 Å². The van der Waals surface area contributed by atoms with Crippen molar-refractivity contribution in [1.82, 2.24) is 4.31 Å². The van der Waals surface area contributed by atoms with E-state index in [9.17, 15) is 18.0 Å². The van der Waals surface area contributed by atoms with Gasteiger partial charge in [0.2, 0.25) is 15.9 Å². The molecule has 0 saturated carbocycles. The molecular formula is C19H22ClN3O4S. The van der Waals surface area contributed by atoms with Crippen molar-refractivity contribution in [3.63, 3.8) is 0 Å². The second-order valence-electron chi connectivity index (χ2n) is 6.08. The van der Waals surface area contributed by atoms with Crippen molar-refractivity contribution in [1.29, 1.82) is 0 Å². The third-order valence-corrected chi connectivity index (χ3v) is 6.66. The Bertz CT molecular complexity index is 1020. The molecule has 0 bridgehead atoms. The molecule has 0 spiro atoms. The number of hydrogen-bond donors (Lipinski definition) is 2. The molecule has 2 aromatic carbocycles. The van der Waals surface area contributed by atoms with E-state index in [1.807, 2.05) is 0 Å². The Balaban J connectivity index is 2.39. The Morgan fingerprint density at radius 2 is 1.71 bits per heavy atom. The van der Waals surface area contributed by atoms with Crippen LogP contribution in [0.2, 0.25) is 5.02 Å². The molecule has 2 amide bonds. The molecule has 0 saturated heterocycles. The quantitative estimate of drug-likeness (QED) is 0.713. The summed E-state index contributed by atoms with van der Waals surface area (Å²) in [7, 11) is -3.70. The van der Waals surface area contributed by atoms with Crippen molar-refractivity contribution in [3.8, 4) is 0 Å². The van der Waals surface area contributed by atoms with E-state index in [0.717, 1.165) is 0 Å². The maximum absolute atomic E-state index is 12.7. The van der Waals surface area contributed by atoms with Crippen LogP contribution in [0.4, 0.5) is 5.69 Å². The van der Waals surface area contributed by atoms with Crippen LogP contribution in [0.5, 0.6) is 0 Å². The van der Waals surface area contributed by atoms with Crippen LogP contribution in [0.15, 0.2) is 41.3 Å². The summed E-state index contributed by atoms with van der Waals surface area (Å²) in [4.78, 5) is 24.2. The first-order valence-corrected chi connectivity index (χ1v) is 10.4. The molecule has 0 aliphatic rings. The van der Waals surface area contributed by atoms with Gasteiger partial charge in [-0.2, -0.15) is 4.31 Å². The average molecular weight is 424 g/mol. The van der Waals surface area contributed by atoms with Gasteiger partial charge < -0.3 is 11.1 Å². The number of rotatable bonds is 7. The second-order valence-corrected chi connectivity index (χ2v) is 8.42. The van der Waals surface area contributed by atoms with Gasteiger partial charge in [0.25, 0.3) is 5.91 Å². The van der Waals surface area contributed by atoms with Crippen molar-refractivity contribution in [2.24, 2.45) is 5.73 Å². The first-order chi connectivity index (χ1) is 13.1. The molecule has 9 heteroatoms. The zero-order chi connectivity index (χ0) is 21.1. The van der Waals surface area contributed by atoms with E-state index in [1.54, 1.807) is 26.8 Å². The summed E-state index contributed by atoms with van der Waals surface area (Å²) in [5.74, 6) is -1.23. The van der Waals surface area contributed by atoms with Crippen LogP contribution in [-0.4, -0.2) is 37.6 Å². The Kier molecular flexibility index (Phi) is 6.82. The van der Waals surface area contributed by atoms with Crippen molar-refractivity contribution >= 4 is 39.1 Å². The van der Waals surface area contributed by atoms with E-state index >= 15 is 0 Å². The zero-order valence-electron chi connectivity index (χ0n) is 15.8. The lowest BCUT2D eigenvalue weighted by molar-refractivity contribution is 0.0996. The summed E-state index contributed by atoms with van der Waals surface area (Å²) in [6, 6.07) is 8.76. The topological polar surface area (TPSA) is 110 Å². The predicted molar refractivity (Wildman–Crippen MR) is 109 cm³/mol. The van der Waals surface area contributed by atoms with E-state index in [0.29, 0.717) is 24.3 Å². The van der Waals surface area contributed by atoms with Gasteiger partial charge in [-0.15, -0.1) is 0 Å². The van der Waals surface area contributed by atoms with Gasteiger partial charge >= 0.3 is 0 Å². The minimum atomic E-state index is -3.70. The Morgan fingerprint density at radius 3 is 2.29 bits per heavy atom. The summed E-state index contributed by atoms with van der Waals surface area (Å²) < 4.78 is 26.8. The van der Waals surface area contributed by atoms with Crippen LogP contribution >= 0.6 is 11.6 Å². The normalized spacial score (nSPS) is 11.5. The number of carbonyl (C=O) groups excluding carboxylic acids is 2. The van der Waals surface area contributed by atoms with Crippen molar-refractivity contribution in [2.75, 3.05) is 18.4 Å². The molecule has 28 heavy (non-hydrogen) atoms. The van der Waals surface area contributed by atoms with Crippen LogP contribution < -0.4 is 11.1 Å². The fraction of sp³-hybridized carbons (Fsp3) is 0.263. The summed E-state index contributed by atoms with van der Waals surface area (Å²) in [6.07, 6.45) is 0. The zero-order valence-corrected chi connectivity index (χ0v) is 17.4. The highest BCUT2D eigenvalue weighted by molar-refractivity contribution is 7.89. The van der Waals surface area contributed by atoms with E-state index in [1.165, 1.54) is 34.6 Å². The number of aryl methyl sites for hydroxylation is 1. The van der Waals surface area contributed by atoms with Crippen molar-refractivity contribution in [2.45, 2.75) is 25.7 Å². The number of benzene rings is 2. The number of halogens is 1. The Morgan fingerprint density at radius 1 is 1.07 bits per heavy atom. The number of carbonyl (C=O) groups is 2. The highest BCUT2D eigenvalue weighted by Gasteiger charge is 2.23. The van der Waals surface area contributed by atoms with Gasteiger partial charge in [0, 0.05) is 24.3 Å². The first-order valence-electron chi connectivity index (χ1n) is 8.63. The van der Waals surface area contributed by atoms with Crippen LogP contribution in [0.25, 0.3) is 0 Å². The maximum atomic E-state index is 12.7. The SMILES string of the molecule is CCN(CC)S(=O)(=O)c1ccc(C)c(C(=O)Nc2ccc(Cl)c(C(N)=O)c2)c1. The summed E-state index contributed by atoms with van der Waals surface area (Å²) in [6.45, 7) is 5.86.